The molecule has 2 atom stereocenters. The number of carbonyl (C=O) groups is 1. The molecule has 0 spiro atoms. The van der Waals surface area contributed by atoms with E-state index in [9.17, 15) is 4.79 Å². The van der Waals surface area contributed by atoms with Crippen LogP contribution in [0, 0.1) is 11.8 Å². The number of carbonyl (C=O) groups excluding carboxylic acids is 1. The number of rotatable bonds is 2. The highest BCUT2D eigenvalue weighted by molar-refractivity contribution is 8.44. The third-order valence-electron chi connectivity index (χ3n) is 3.73. The van der Waals surface area contributed by atoms with Crippen LogP contribution in [0.4, 0.5) is 0 Å². The lowest BCUT2D eigenvalue weighted by Gasteiger charge is -2.33. The van der Waals surface area contributed by atoms with Crippen molar-refractivity contribution in [3.8, 4) is 0 Å². The smallest absolute Gasteiger partial charge is 0.200 e. The molecule has 1 fully saturated rings. The topological polar surface area (TPSA) is 29.4 Å². The fourth-order valence-corrected chi connectivity index (χ4v) is 4.71. The van der Waals surface area contributed by atoms with Crippen LogP contribution in [-0.4, -0.2) is 21.3 Å². The molecule has 2 rings (SSSR count). The standard InChI is InChI=1S/C13H21NOS2/c1-3-16-13-14-11(9(2)12(15)17-13)10-7-5-4-6-8-10/h9-11H,3-8H2,1-2H3/t9-,11-/m1/s1. The molecule has 1 aliphatic heterocycles. The molecule has 1 aliphatic carbocycles. The summed E-state index contributed by atoms with van der Waals surface area (Å²) in [6.07, 6.45) is 6.53. The van der Waals surface area contributed by atoms with Gasteiger partial charge in [0.25, 0.3) is 0 Å². The highest BCUT2D eigenvalue weighted by atomic mass is 32.2. The SMILES string of the molecule is CCSC1=N[C@@H](C2CCCCC2)[C@@H](C)C(=O)S1. The summed E-state index contributed by atoms with van der Waals surface area (Å²) in [5, 5.41) is 0.325. The predicted molar refractivity (Wildman–Crippen MR) is 77.7 cm³/mol. The minimum absolute atomic E-state index is 0.115. The van der Waals surface area contributed by atoms with Gasteiger partial charge in [0.2, 0.25) is 5.12 Å². The summed E-state index contributed by atoms with van der Waals surface area (Å²) in [5.41, 5.74) is 0. The van der Waals surface area contributed by atoms with E-state index in [1.165, 1.54) is 43.9 Å². The first kappa shape index (κ1) is 13.5. The zero-order chi connectivity index (χ0) is 12.3. The molecule has 0 radical (unpaired) electrons. The van der Waals surface area contributed by atoms with E-state index in [1.807, 2.05) is 0 Å². The second-order valence-electron chi connectivity index (χ2n) is 4.93. The molecule has 1 saturated carbocycles. The van der Waals surface area contributed by atoms with Gasteiger partial charge in [-0.2, -0.15) is 0 Å². The largest absolute Gasteiger partial charge is 0.286 e. The van der Waals surface area contributed by atoms with Crippen LogP contribution in [0.3, 0.4) is 0 Å². The van der Waals surface area contributed by atoms with E-state index in [4.69, 9.17) is 4.99 Å². The van der Waals surface area contributed by atoms with Gasteiger partial charge in [0, 0.05) is 5.92 Å². The van der Waals surface area contributed by atoms with E-state index in [2.05, 4.69) is 13.8 Å². The molecule has 0 N–H and O–H groups in total. The second-order valence-corrected chi connectivity index (χ2v) is 7.43. The molecule has 96 valence electrons. The zero-order valence-corrected chi connectivity index (χ0v) is 12.3. The number of aliphatic imine (C=N–C) groups is 1. The summed E-state index contributed by atoms with van der Waals surface area (Å²) < 4.78 is 1.01. The Kier molecular flexibility index (Phi) is 4.97. The van der Waals surface area contributed by atoms with Crippen LogP contribution in [0.1, 0.15) is 46.0 Å². The number of thioether (sulfide) groups is 2. The Balaban J connectivity index is 2.11. The van der Waals surface area contributed by atoms with Crippen molar-refractivity contribution in [3.05, 3.63) is 0 Å². The molecule has 0 unspecified atom stereocenters. The minimum Gasteiger partial charge on any atom is -0.286 e. The third-order valence-corrected chi connectivity index (χ3v) is 5.82. The van der Waals surface area contributed by atoms with Crippen molar-refractivity contribution in [2.75, 3.05) is 5.75 Å². The van der Waals surface area contributed by atoms with Crippen molar-refractivity contribution in [2.24, 2.45) is 16.8 Å². The van der Waals surface area contributed by atoms with Gasteiger partial charge in [-0.25, -0.2) is 0 Å². The maximum absolute atomic E-state index is 12.0. The first-order valence-corrected chi connectivity index (χ1v) is 8.45. The molecule has 17 heavy (non-hydrogen) atoms. The van der Waals surface area contributed by atoms with Crippen LogP contribution in [0.25, 0.3) is 0 Å². The first-order valence-electron chi connectivity index (χ1n) is 6.64. The molecule has 2 nitrogen and oxygen atoms in total. The summed E-state index contributed by atoms with van der Waals surface area (Å²) in [4.78, 5) is 16.8. The molecule has 2 aliphatic rings. The van der Waals surface area contributed by atoms with Gasteiger partial charge in [0.1, 0.15) is 4.38 Å². The average molecular weight is 271 g/mol. The van der Waals surface area contributed by atoms with E-state index in [-0.39, 0.29) is 12.0 Å². The lowest BCUT2D eigenvalue weighted by Crippen LogP contribution is -2.35. The van der Waals surface area contributed by atoms with Crippen molar-refractivity contribution in [3.63, 3.8) is 0 Å². The second kappa shape index (κ2) is 6.28. The van der Waals surface area contributed by atoms with E-state index in [1.54, 1.807) is 11.8 Å². The molecular weight excluding hydrogens is 250 g/mol. The van der Waals surface area contributed by atoms with E-state index >= 15 is 0 Å². The van der Waals surface area contributed by atoms with Crippen molar-refractivity contribution >= 4 is 33.0 Å². The molecule has 0 aromatic heterocycles. The van der Waals surface area contributed by atoms with Crippen molar-refractivity contribution < 1.29 is 4.79 Å². The summed E-state index contributed by atoms with van der Waals surface area (Å²) in [5.74, 6) is 1.77. The van der Waals surface area contributed by atoms with Gasteiger partial charge in [0.15, 0.2) is 0 Å². The Bertz CT molecular complexity index is 311. The van der Waals surface area contributed by atoms with Crippen LogP contribution in [0.2, 0.25) is 0 Å². The third kappa shape index (κ3) is 3.28. The number of hydrogen-bond donors (Lipinski definition) is 0. The first-order chi connectivity index (χ1) is 8.22. The van der Waals surface area contributed by atoms with Crippen LogP contribution < -0.4 is 0 Å². The Labute approximate surface area is 112 Å². The number of hydrogen-bond acceptors (Lipinski definition) is 4. The number of nitrogens with zero attached hydrogens (tertiary/aromatic N) is 1. The Morgan fingerprint density at radius 2 is 2.06 bits per heavy atom. The summed E-state index contributed by atoms with van der Waals surface area (Å²) >= 11 is 3.08. The van der Waals surface area contributed by atoms with Gasteiger partial charge in [-0.05, 0) is 36.3 Å². The molecule has 0 amide bonds. The van der Waals surface area contributed by atoms with Crippen LogP contribution >= 0.6 is 23.5 Å². The Hall–Kier alpha value is 0.0400. The fourth-order valence-electron chi connectivity index (χ4n) is 2.76. The van der Waals surface area contributed by atoms with Gasteiger partial charge in [-0.1, -0.05) is 44.9 Å². The van der Waals surface area contributed by atoms with Crippen molar-refractivity contribution in [1.82, 2.24) is 0 Å². The highest BCUT2D eigenvalue weighted by Gasteiger charge is 2.36. The molecule has 4 heteroatoms. The van der Waals surface area contributed by atoms with Gasteiger partial charge in [0.05, 0.1) is 6.04 Å². The van der Waals surface area contributed by atoms with Gasteiger partial charge < -0.3 is 0 Å². The quantitative estimate of drug-likeness (QED) is 0.761. The zero-order valence-electron chi connectivity index (χ0n) is 10.6. The molecule has 1 heterocycles. The van der Waals surface area contributed by atoms with Gasteiger partial charge in [-0.3, -0.25) is 9.79 Å². The Morgan fingerprint density at radius 3 is 2.71 bits per heavy atom. The van der Waals surface area contributed by atoms with Crippen LogP contribution in [0.5, 0.6) is 0 Å². The summed E-state index contributed by atoms with van der Waals surface area (Å²) in [7, 11) is 0. The van der Waals surface area contributed by atoms with Crippen molar-refractivity contribution in [2.45, 2.75) is 52.0 Å². The average Bonchev–Trinajstić information content (AvgIpc) is 2.35. The maximum Gasteiger partial charge on any atom is 0.200 e. The Morgan fingerprint density at radius 1 is 1.35 bits per heavy atom. The molecule has 0 aromatic carbocycles. The molecule has 0 saturated heterocycles. The highest BCUT2D eigenvalue weighted by Crippen LogP contribution is 2.38. The minimum atomic E-state index is 0.115. The normalized spacial score (nSPS) is 31.4. The lowest BCUT2D eigenvalue weighted by molar-refractivity contribution is -0.114. The summed E-state index contributed by atoms with van der Waals surface area (Å²) in [6, 6.07) is 0.262. The van der Waals surface area contributed by atoms with Gasteiger partial charge in [-0.15, -0.1) is 0 Å². The molecule has 0 bridgehead atoms. The van der Waals surface area contributed by atoms with E-state index < -0.39 is 0 Å². The van der Waals surface area contributed by atoms with E-state index in [0.717, 1.165) is 10.1 Å². The molecular formula is C13H21NOS2. The van der Waals surface area contributed by atoms with Gasteiger partial charge >= 0.3 is 0 Å². The van der Waals surface area contributed by atoms with Crippen LogP contribution in [0.15, 0.2) is 4.99 Å². The lowest BCUT2D eigenvalue weighted by atomic mass is 9.80. The van der Waals surface area contributed by atoms with E-state index in [0.29, 0.717) is 11.0 Å². The summed E-state index contributed by atoms with van der Waals surface area (Å²) in [6.45, 7) is 4.18. The molecule has 0 aromatic rings. The maximum atomic E-state index is 12.0. The van der Waals surface area contributed by atoms with Crippen LogP contribution in [-0.2, 0) is 4.79 Å². The van der Waals surface area contributed by atoms with Crippen molar-refractivity contribution in [1.29, 1.82) is 0 Å². The predicted octanol–water partition coefficient (Wildman–Crippen LogP) is 3.95. The fraction of sp³-hybridized carbons (Fsp3) is 0.846. The monoisotopic (exact) mass is 271 g/mol.